The Kier molecular flexibility index (Phi) is 8.39. The van der Waals surface area contributed by atoms with Gasteiger partial charge >= 0.3 is 6.03 Å². The van der Waals surface area contributed by atoms with Crippen LogP contribution in [0.1, 0.15) is 43.2 Å². The molecule has 0 radical (unpaired) electrons. The molecule has 0 spiro atoms. The Bertz CT molecular complexity index is 1680. The number of urea groups is 1. The van der Waals surface area contributed by atoms with E-state index < -0.39 is 30.1 Å². The van der Waals surface area contributed by atoms with Crippen LogP contribution in [-0.4, -0.2) is 81.3 Å². The predicted octanol–water partition coefficient (Wildman–Crippen LogP) is 3.76. The molecule has 2 aromatic carbocycles. The van der Waals surface area contributed by atoms with E-state index in [4.69, 9.17) is 0 Å². The van der Waals surface area contributed by atoms with Gasteiger partial charge in [0, 0.05) is 72.4 Å². The molecule has 242 valence electrons. The zero-order valence-electron chi connectivity index (χ0n) is 25.8. The third-order valence-electron chi connectivity index (χ3n) is 10.7. The second-order valence-corrected chi connectivity index (χ2v) is 14.6. The number of aromatic nitrogens is 1. The first kappa shape index (κ1) is 30.9. The highest BCUT2D eigenvalue weighted by Gasteiger charge is 2.54. The summed E-state index contributed by atoms with van der Waals surface area (Å²) in [5.41, 5.74) is 2.75. The van der Waals surface area contributed by atoms with Crippen LogP contribution >= 0.6 is 15.9 Å². The number of likely N-dealkylation sites (tertiary alicyclic amines) is 1. The van der Waals surface area contributed by atoms with Crippen molar-refractivity contribution in [2.24, 2.45) is 23.7 Å². The molecule has 4 saturated carbocycles. The van der Waals surface area contributed by atoms with Crippen molar-refractivity contribution in [3.05, 3.63) is 70.3 Å². The number of halogens is 1. The minimum absolute atomic E-state index is 0.00810. The number of carbonyl (C=O) groups excluding carboxylic acids is 4. The van der Waals surface area contributed by atoms with E-state index in [2.05, 4.69) is 31.5 Å². The number of carbonyl (C=O) groups is 4. The summed E-state index contributed by atoms with van der Waals surface area (Å²) in [6.45, 7) is 0.343. The van der Waals surface area contributed by atoms with Gasteiger partial charge in [0.2, 0.25) is 11.8 Å². The summed E-state index contributed by atoms with van der Waals surface area (Å²) >= 11 is 3.56. The summed E-state index contributed by atoms with van der Waals surface area (Å²) in [7, 11) is 1.71. The van der Waals surface area contributed by atoms with Crippen LogP contribution in [0.25, 0.3) is 10.9 Å². The Labute approximate surface area is 276 Å². The largest absolute Gasteiger partial charge is 0.391 e. The number of Topliss-reactive ketones (excluding diaryl/α,β-unsaturated/α-hetero) is 1. The molecule has 4 aliphatic carbocycles. The standard InChI is InChI=1S/C35H40BrN5O5/c1-40(17-20-6-2-4-8-27(20)36)34(45)29(14-23-16-37-28-9-5-3-7-25(23)28)38-33(44)30-15-24(42)18-41(30)35(46)39-31-21-10-19-11-22(13-21)32(43)26(31)12-19/h2-9,16,19,21-22,24,26,29-31,37,42H,10-15,17-18H2,1H3,(H,38,44)(H,39,46). The number of likely N-dealkylation sites (N-methyl/N-ethyl adjacent to an activating group) is 1. The average Bonchev–Trinajstić information content (AvgIpc) is 3.64. The molecule has 1 aliphatic heterocycles. The highest BCUT2D eigenvalue weighted by atomic mass is 79.9. The smallest absolute Gasteiger partial charge is 0.318 e. The van der Waals surface area contributed by atoms with Crippen LogP contribution < -0.4 is 10.6 Å². The minimum Gasteiger partial charge on any atom is -0.391 e. The second-order valence-electron chi connectivity index (χ2n) is 13.7. The van der Waals surface area contributed by atoms with Crippen LogP contribution in [0.3, 0.4) is 0 Å². The zero-order chi connectivity index (χ0) is 32.1. The van der Waals surface area contributed by atoms with Crippen molar-refractivity contribution in [2.75, 3.05) is 13.6 Å². The van der Waals surface area contributed by atoms with E-state index >= 15 is 0 Å². The summed E-state index contributed by atoms with van der Waals surface area (Å²) < 4.78 is 0.884. The molecule has 1 aromatic heterocycles. The van der Waals surface area contributed by atoms with E-state index in [1.165, 1.54) is 4.90 Å². The first-order valence-electron chi connectivity index (χ1n) is 16.3. The third-order valence-corrected chi connectivity index (χ3v) is 11.5. The Hall–Kier alpha value is -3.70. The van der Waals surface area contributed by atoms with Crippen molar-refractivity contribution in [3.8, 4) is 0 Å². The molecule has 8 rings (SSSR count). The fourth-order valence-corrected chi connectivity index (χ4v) is 8.99. The van der Waals surface area contributed by atoms with Crippen molar-refractivity contribution < 1.29 is 24.3 Å². The molecule has 3 aromatic rings. The highest BCUT2D eigenvalue weighted by Crippen LogP contribution is 2.52. The fourth-order valence-electron chi connectivity index (χ4n) is 8.58. The molecule has 46 heavy (non-hydrogen) atoms. The van der Waals surface area contributed by atoms with E-state index in [1.807, 2.05) is 54.7 Å². The lowest BCUT2D eigenvalue weighted by Crippen LogP contribution is -2.62. The van der Waals surface area contributed by atoms with Crippen LogP contribution in [0.2, 0.25) is 0 Å². The minimum atomic E-state index is -0.950. The summed E-state index contributed by atoms with van der Waals surface area (Å²) in [5.74, 6) is 0.283. The van der Waals surface area contributed by atoms with Crippen molar-refractivity contribution in [1.29, 1.82) is 0 Å². The molecule has 4 amide bonds. The van der Waals surface area contributed by atoms with Crippen molar-refractivity contribution in [1.82, 2.24) is 25.4 Å². The molecule has 5 aliphatic rings. The molecule has 4 bridgehead atoms. The average molecular weight is 691 g/mol. The van der Waals surface area contributed by atoms with Crippen molar-refractivity contribution in [3.63, 3.8) is 0 Å². The zero-order valence-corrected chi connectivity index (χ0v) is 27.4. The fraction of sp³-hybridized carbons (Fsp3) is 0.486. The van der Waals surface area contributed by atoms with Crippen LogP contribution in [-0.2, 0) is 27.3 Å². The van der Waals surface area contributed by atoms with Gasteiger partial charge in [-0.2, -0.15) is 0 Å². The molecular weight excluding hydrogens is 650 g/mol. The molecule has 8 atom stereocenters. The van der Waals surface area contributed by atoms with E-state index in [0.29, 0.717) is 12.5 Å². The number of hydrogen-bond donors (Lipinski definition) is 4. The Morgan fingerprint density at radius 3 is 2.65 bits per heavy atom. The van der Waals surface area contributed by atoms with Gasteiger partial charge < -0.3 is 30.5 Å². The molecule has 10 nitrogen and oxygen atoms in total. The van der Waals surface area contributed by atoms with Gasteiger partial charge in [-0.05, 0) is 60.8 Å². The van der Waals surface area contributed by atoms with Gasteiger partial charge in [-0.3, -0.25) is 14.4 Å². The predicted molar refractivity (Wildman–Crippen MR) is 175 cm³/mol. The number of fused-ring (bicyclic) bond motifs is 1. The first-order valence-corrected chi connectivity index (χ1v) is 17.1. The van der Waals surface area contributed by atoms with Crippen LogP contribution in [0.15, 0.2) is 59.2 Å². The van der Waals surface area contributed by atoms with Gasteiger partial charge in [0.1, 0.15) is 17.9 Å². The number of amides is 4. The number of aliphatic hydroxyl groups is 1. The molecule has 11 heteroatoms. The maximum Gasteiger partial charge on any atom is 0.318 e. The Morgan fingerprint density at radius 1 is 1.04 bits per heavy atom. The van der Waals surface area contributed by atoms with Crippen LogP contribution in [0, 0.1) is 23.7 Å². The van der Waals surface area contributed by atoms with Crippen molar-refractivity contribution >= 4 is 50.5 Å². The van der Waals surface area contributed by atoms with Crippen LogP contribution in [0.4, 0.5) is 4.79 Å². The first-order chi connectivity index (χ1) is 22.2. The van der Waals surface area contributed by atoms with Gasteiger partial charge in [0.05, 0.1) is 6.10 Å². The second kappa shape index (κ2) is 12.5. The lowest BCUT2D eigenvalue weighted by molar-refractivity contribution is -0.142. The number of nitrogens with zero attached hydrogens (tertiary/aromatic N) is 2. The molecule has 1 saturated heterocycles. The molecule has 5 fully saturated rings. The van der Waals surface area contributed by atoms with Gasteiger partial charge in [-0.25, -0.2) is 4.79 Å². The topological polar surface area (TPSA) is 135 Å². The lowest BCUT2D eigenvalue weighted by Gasteiger charge is -2.53. The van der Waals surface area contributed by atoms with Gasteiger partial charge in [-0.15, -0.1) is 0 Å². The van der Waals surface area contributed by atoms with E-state index in [-0.39, 0.29) is 54.9 Å². The number of nitrogens with one attached hydrogen (secondary N) is 3. The number of hydrogen-bond acceptors (Lipinski definition) is 5. The third kappa shape index (κ3) is 5.83. The number of para-hydroxylation sites is 1. The molecule has 8 unspecified atom stereocenters. The maximum atomic E-state index is 14.0. The number of ketones is 1. The van der Waals surface area contributed by atoms with E-state index in [0.717, 1.165) is 52.2 Å². The van der Waals surface area contributed by atoms with Crippen molar-refractivity contribution in [2.45, 2.75) is 69.3 Å². The van der Waals surface area contributed by atoms with Gasteiger partial charge in [0.25, 0.3) is 0 Å². The molecule has 4 N–H and O–H groups in total. The summed E-state index contributed by atoms with van der Waals surface area (Å²) in [5, 5.41) is 17.7. The molecular formula is C35H40BrN5O5. The number of rotatable bonds is 8. The number of aliphatic hydroxyl groups excluding tert-OH is 1. The van der Waals surface area contributed by atoms with E-state index in [9.17, 15) is 24.3 Å². The maximum absolute atomic E-state index is 14.0. The number of H-pyrrole nitrogens is 1. The van der Waals surface area contributed by atoms with Gasteiger partial charge in [-0.1, -0.05) is 52.3 Å². The van der Waals surface area contributed by atoms with Gasteiger partial charge in [0.15, 0.2) is 0 Å². The highest BCUT2D eigenvalue weighted by molar-refractivity contribution is 9.10. The monoisotopic (exact) mass is 689 g/mol. The number of β-amino-alcohol motifs (C(OH)–C–C–N with tert-alkyl or cyclic N) is 1. The van der Waals surface area contributed by atoms with Crippen LogP contribution in [0.5, 0.6) is 0 Å². The number of benzene rings is 2. The SMILES string of the molecule is CN(Cc1ccccc1Br)C(=O)C(Cc1c[nH]c2ccccc12)NC(=O)C1CC(O)CN1C(=O)NC1C2CC3CC(C2)C(=O)C1C3. The van der Waals surface area contributed by atoms with E-state index in [1.54, 1.807) is 11.9 Å². The summed E-state index contributed by atoms with van der Waals surface area (Å²) in [4.78, 5) is 60.9. The lowest BCUT2D eigenvalue weighted by atomic mass is 9.53. The quantitative estimate of drug-likeness (QED) is 0.286. The Balaban J connectivity index is 1.09. The number of aromatic amines is 1. The summed E-state index contributed by atoms with van der Waals surface area (Å²) in [6.07, 6.45) is 4.92. The molecule has 2 heterocycles. The normalized spacial score (nSPS) is 28.8. The Morgan fingerprint density at radius 2 is 1.83 bits per heavy atom. The summed E-state index contributed by atoms with van der Waals surface area (Å²) in [6, 6.07) is 12.9.